The molecule has 3 heteroatoms. The lowest BCUT2D eigenvalue weighted by Gasteiger charge is -2.17. The molecule has 0 rings (SSSR count). The Bertz CT molecular complexity index is 153. The lowest BCUT2D eigenvalue weighted by atomic mass is 10.00. The van der Waals surface area contributed by atoms with Crippen LogP contribution in [0, 0.1) is 11.3 Å². The van der Waals surface area contributed by atoms with Gasteiger partial charge in [-0.05, 0) is 19.8 Å². The SMILES string of the molecule is CCCCCCC(C)(C#N)ON. The molecule has 0 aromatic carbocycles. The fraction of sp³-hybridized carbons (Fsp3) is 0.889. The van der Waals surface area contributed by atoms with Gasteiger partial charge in [-0.1, -0.05) is 26.2 Å². The predicted molar refractivity (Wildman–Crippen MR) is 48.0 cm³/mol. The molecule has 0 saturated heterocycles. The summed E-state index contributed by atoms with van der Waals surface area (Å²) >= 11 is 0. The van der Waals surface area contributed by atoms with Gasteiger partial charge in [-0.15, -0.1) is 0 Å². The fourth-order valence-corrected chi connectivity index (χ4v) is 1.03. The standard InChI is InChI=1S/C9H18N2O/c1-3-4-5-6-7-9(2,8-10)12-11/h3-7,11H2,1-2H3. The second kappa shape index (κ2) is 5.99. The normalized spacial score (nSPS) is 15.2. The highest BCUT2D eigenvalue weighted by atomic mass is 16.6. The zero-order valence-corrected chi connectivity index (χ0v) is 7.97. The zero-order valence-electron chi connectivity index (χ0n) is 7.97. The van der Waals surface area contributed by atoms with Crippen LogP contribution in [0.2, 0.25) is 0 Å². The van der Waals surface area contributed by atoms with Crippen LogP contribution in [0.4, 0.5) is 0 Å². The summed E-state index contributed by atoms with van der Waals surface area (Å²) in [5, 5.41) is 8.69. The highest BCUT2D eigenvalue weighted by Gasteiger charge is 2.22. The quantitative estimate of drug-likeness (QED) is 0.490. The third-order valence-corrected chi connectivity index (χ3v) is 2.00. The Labute approximate surface area is 74.5 Å². The maximum Gasteiger partial charge on any atom is 0.172 e. The van der Waals surface area contributed by atoms with Gasteiger partial charge in [-0.2, -0.15) is 5.26 Å². The first-order valence-electron chi connectivity index (χ1n) is 4.47. The average Bonchev–Trinajstić information content (AvgIpc) is 2.12. The molecular weight excluding hydrogens is 152 g/mol. The van der Waals surface area contributed by atoms with Crippen LogP contribution in [0.25, 0.3) is 0 Å². The van der Waals surface area contributed by atoms with Gasteiger partial charge in [-0.25, -0.2) is 5.90 Å². The smallest absolute Gasteiger partial charge is 0.172 e. The number of hydrogen-bond acceptors (Lipinski definition) is 3. The third kappa shape index (κ3) is 4.32. The minimum absolute atomic E-state index is 0.722. The maximum absolute atomic E-state index is 8.69. The number of hydrogen-bond donors (Lipinski definition) is 1. The van der Waals surface area contributed by atoms with Gasteiger partial charge in [0.25, 0.3) is 0 Å². The largest absolute Gasteiger partial charge is 0.283 e. The van der Waals surface area contributed by atoms with Crippen molar-refractivity contribution < 1.29 is 4.84 Å². The van der Waals surface area contributed by atoms with Crippen molar-refractivity contribution >= 4 is 0 Å². The first-order chi connectivity index (χ1) is 5.68. The van der Waals surface area contributed by atoms with Crippen LogP contribution < -0.4 is 5.90 Å². The molecule has 0 aliphatic carbocycles. The molecule has 1 unspecified atom stereocenters. The Kier molecular flexibility index (Phi) is 5.69. The van der Waals surface area contributed by atoms with E-state index in [1.54, 1.807) is 6.92 Å². The summed E-state index contributed by atoms with van der Waals surface area (Å²) in [4.78, 5) is 4.61. The van der Waals surface area contributed by atoms with E-state index >= 15 is 0 Å². The summed E-state index contributed by atoms with van der Waals surface area (Å²) in [7, 11) is 0. The molecule has 0 aliphatic heterocycles. The first-order valence-corrected chi connectivity index (χ1v) is 4.47. The summed E-state index contributed by atoms with van der Waals surface area (Å²) < 4.78 is 0. The third-order valence-electron chi connectivity index (χ3n) is 2.00. The monoisotopic (exact) mass is 170 g/mol. The van der Waals surface area contributed by atoms with E-state index < -0.39 is 5.60 Å². The molecule has 0 heterocycles. The van der Waals surface area contributed by atoms with Crippen molar-refractivity contribution in [2.75, 3.05) is 0 Å². The van der Waals surface area contributed by atoms with Crippen molar-refractivity contribution in [3.05, 3.63) is 0 Å². The van der Waals surface area contributed by atoms with Crippen molar-refractivity contribution in [2.24, 2.45) is 5.90 Å². The first kappa shape index (κ1) is 11.4. The zero-order chi connectivity index (χ0) is 9.45. The molecular formula is C9H18N2O. The molecule has 0 aliphatic rings. The molecule has 0 aromatic heterocycles. The number of rotatable bonds is 6. The van der Waals surface area contributed by atoms with Crippen LogP contribution in [0.5, 0.6) is 0 Å². The molecule has 0 spiro atoms. The Morgan fingerprint density at radius 1 is 1.42 bits per heavy atom. The van der Waals surface area contributed by atoms with E-state index in [4.69, 9.17) is 11.2 Å². The number of unbranched alkanes of at least 4 members (excludes halogenated alkanes) is 3. The van der Waals surface area contributed by atoms with Crippen LogP contribution in [-0.2, 0) is 4.84 Å². The van der Waals surface area contributed by atoms with Crippen molar-refractivity contribution in [2.45, 2.75) is 51.6 Å². The number of nitriles is 1. The molecule has 0 saturated carbocycles. The van der Waals surface area contributed by atoms with E-state index in [1.807, 2.05) is 0 Å². The molecule has 12 heavy (non-hydrogen) atoms. The van der Waals surface area contributed by atoms with E-state index in [0.717, 1.165) is 19.3 Å². The van der Waals surface area contributed by atoms with Gasteiger partial charge in [0, 0.05) is 0 Å². The molecule has 2 N–H and O–H groups in total. The van der Waals surface area contributed by atoms with Crippen molar-refractivity contribution in [1.29, 1.82) is 5.26 Å². The van der Waals surface area contributed by atoms with Gasteiger partial charge >= 0.3 is 0 Å². The predicted octanol–water partition coefficient (Wildman–Crippen LogP) is 2.13. The molecule has 0 fully saturated rings. The van der Waals surface area contributed by atoms with Crippen molar-refractivity contribution in [1.82, 2.24) is 0 Å². The topological polar surface area (TPSA) is 59.0 Å². The minimum Gasteiger partial charge on any atom is -0.283 e. The van der Waals surface area contributed by atoms with Gasteiger partial charge in [0.05, 0.1) is 6.07 Å². The summed E-state index contributed by atoms with van der Waals surface area (Å²) in [6.45, 7) is 3.88. The number of nitrogens with zero attached hydrogens (tertiary/aromatic N) is 1. The highest BCUT2D eigenvalue weighted by molar-refractivity contribution is 4.97. The Hall–Kier alpha value is -0.590. The molecule has 3 nitrogen and oxygen atoms in total. The second-order valence-corrected chi connectivity index (χ2v) is 3.27. The second-order valence-electron chi connectivity index (χ2n) is 3.27. The van der Waals surface area contributed by atoms with E-state index in [9.17, 15) is 0 Å². The molecule has 0 aromatic rings. The van der Waals surface area contributed by atoms with Gasteiger partial charge in [0.1, 0.15) is 0 Å². The van der Waals surface area contributed by atoms with E-state index in [1.165, 1.54) is 12.8 Å². The van der Waals surface area contributed by atoms with Gasteiger partial charge in [-0.3, -0.25) is 4.84 Å². The molecule has 1 atom stereocenters. The Morgan fingerprint density at radius 3 is 2.50 bits per heavy atom. The summed E-state index contributed by atoms with van der Waals surface area (Å²) in [5.74, 6) is 5.01. The Balaban J connectivity index is 3.54. The van der Waals surface area contributed by atoms with Gasteiger partial charge in [0.15, 0.2) is 5.60 Å². The summed E-state index contributed by atoms with van der Waals surface area (Å²) in [6, 6.07) is 2.06. The molecule has 70 valence electrons. The molecule has 0 bridgehead atoms. The Morgan fingerprint density at radius 2 is 2.08 bits per heavy atom. The fourth-order valence-electron chi connectivity index (χ4n) is 1.03. The van der Waals surface area contributed by atoms with Crippen molar-refractivity contribution in [3.63, 3.8) is 0 Å². The summed E-state index contributed by atoms with van der Waals surface area (Å²) in [5.41, 5.74) is -0.784. The lowest BCUT2D eigenvalue weighted by molar-refractivity contribution is 0.00237. The van der Waals surface area contributed by atoms with Crippen LogP contribution in [0.3, 0.4) is 0 Å². The van der Waals surface area contributed by atoms with E-state index in [0.29, 0.717) is 0 Å². The minimum atomic E-state index is -0.784. The molecule has 0 radical (unpaired) electrons. The maximum atomic E-state index is 8.69. The molecule has 0 amide bonds. The van der Waals surface area contributed by atoms with Crippen LogP contribution in [0.1, 0.15) is 46.0 Å². The lowest BCUT2D eigenvalue weighted by Crippen LogP contribution is -2.29. The van der Waals surface area contributed by atoms with E-state index in [-0.39, 0.29) is 0 Å². The average molecular weight is 170 g/mol. The summed E-state index contributed by atoms with van der Waals surface area (Å²) in [6.07, 6.45) is 5.30. The van der Waals surface area contributed by atoms with Crippen LogP contribution in [0.15, 0.2) is 0 Å². The van der Waals surface area contributed by atoms with Crippen molar-refractivity contribution in [3.8, 4) is 6.07 Å². The number of nitrogens with two attached hydrogens (primary N) is 1. The van der Waals surface area contributed by atoms with Gasteiger partial charge < -0.3 is 0 Å². The van der Waals surface area contributed by atoms with Crippen LogP contribution >= 0.6 is 0 Å². The van der Waals surface area contributed by atoms with Crippen LogP contribution in [-0.4, -0.2) is 5.60 Å². The van der Waals surface area contributed by atoms with E-state index in [2.05, 4.69) is 17.8 Å². The highest BCUT2D eigenvalue weighted by Crippen LogP contribution is 2.16. The van der Waals surface area contributed by atoms with Gasteiger partial charge in [0.2, 0.25) is 0 Å².